The number of ether oxygens (including phenoxy) is 1. The molecule has 4 nitrogen and oxygen atoms in total. The summed E-state index contributed by atoms with van der Waals surface area (Å²) in [7, 11) is 1.35. The summed E-state index contributed by atoms with van der Waals surface area (Å²) in [5.74, 6) is -0.391. The highest BCUT2D eigenvalue weighted by Crippen LogP contribution is 2.17. The number of methoxy groups -OCH3 is 1. The van der Waals surface area contributed by atoms with Crippen molar-refractivity contribution in [3.63, 3.8) is 0 Å². The van der Waals surface area contributed by atoms with E-state index in [0.717, 1.165) is 11.1 Å². The van der Waals surface area contributed by atoms with E-state index in [1.807, 2.05) is 12.1 Å². The van der Waals surface area contributed by atoms with Crippen molar-refractivity contribution >= 4 is 5.97 Å². The lowest BCUT2D eigenvalue weighted by atomic mass is 10.1. The lowest BCUT2D eigenvalue weighted by molar-refractivity contribution is 0.0600. The first kappa shape index (κ1) is 10.3. The van der Waals surface area contributed by atoms with Crippen molar-refractivity contribution in [2.45, 2.75) is 0 Å². The van der Waals surface area contributed by atoms with Gasteiger partial charge in [0.15, 0.2) is 0 Å². The van der Waals surface area contributed by atoms with Gasteiger partial charge in [-0.25, -0.2) is 4.79 Å². The molecule has 2 aromatic rings. The lowest BCUT2D eigenvalue weighted by Gasteiger charge is -2.02. The monoisotopic (exact) mass is 214 g/mol. The summed E-state index contributed by atoms with van der Waals surface area (Å²) in [5, 5.41) is 0. The summed E-state index contributed by atoms with van der Waals surface area (Å²) in [4.78, 5) is 19.3. The average molecular weight is 214 g/mol. The van der Waals surface area contributed by atoms with Gasteiger partial charge in [-0.2, -0.15) is 0 Å². The Bertz CT molecular complexity index is 497. The zero-order chi connectivity index (χ0) is 11.4. The minimum Gasteiger partial charge on any atom is -0.465 e. The normalized spacial score (nSPS) is 9.81. The molecule has 0 atom stereocenters. The highest BCUT2D eigenvalue weighted by atomic mass is 16.5. The Balaban J connectivity index is 2.40. The van der Waals surface area contributed by atoms with Crippen LogP contribution in [0.1, 0.15) is 10.4 Å². The van der Waals surface area contributed by atoms with Gasteiger partial charge >= 0.3 is 5.97 Å². The van der Waals surface area contributed by atoms with E-state index in [1.165, 1.54) is 13.3 Å². The Hall–Kier alpha value is -2.23. The van der Waals surface area contributed by atoms with Gasteiger partial charge in [0.05, 0.1) is 12.7 Å². The van der Waals surface area contributed by atoms with Crippen molar-refractivity contribution in [2.75, 3.05) is 7.11 Å². The van der Waals surface area contributed by atoms with Gasteiger partial charge in [-0.05, 0) is 12.1 Å². The third-order valence-corrected chi connectivity index (χ3v) is 2.15. The van der Waals surface area contributed by atoms with Crippen LogP contribution in [-0.4, -0.2) is 23.0 Å². The Labute approximate surface area is 92.9 Å². The number of aromatic nitrogens is 2. The summed E-state index contributed by atoms with van der Waals surface area (Å²) in [6.45, 7) is 0. The molecule has 80 valence electrons. The number of nitrogens with zero attached hydrogens (tertiary/aromatic N) is 2. The molecule has 0 saturated carbocycles. The van der Waals surface area contributed by atoms with E-state index in [9.17, 15) is 4.79 Å². The highest BCUT2D eigenvalue weighted by molar-refractivity contribution is 5.90. The van der Waals surface area contributed by atoms with Crippen LogP contribution in [0.15, 0.2) is 43.0 Å². The fourth-order valence-corrected chi connectivity index (χ4v) is 1.36. The fraction of sp³-hybridized carbons (Fsp3) is 0.0833. The average Bonchev–Trinajstić information content (AvgIpc) is 2.39. The molecule has 2 heterocycles. The Morgan fingerprint density at radius 1 is 1.19 bits per heavy atom. The summed E-state index contributed by atoms with van der Waals surface area (Å²) in [5.41, 5.74) is 2.20. The second kappa shape index (κ2) is 4.53. The molecule has 16 heavy (non-hydrogen) atoms. The summed E-state index contributed by atoms with van der Waals surface area (Å²) in [6.07, 6.45) is 6.58. The number of hydrogen-bond acceptors (Lipinski definition) is 4. The second-order valence-corrected chi connectivity index (χ2v) is 3.20. The predicted octanol–water partition coefficient (Wildman–Crippen LogP) is 1.93. The molecule has 0 aliphatic carbocycles. The van der Waals surface area contributed by atoms with Crippen LogP contribution in [0.4, 0.5) is 0 Å². The molecule has 2 aromatic heterocycles. The van der Waals surface area contributed by atoms with Crippen LogP contribution < -0.4 is 0 Å². The molecular weight excluding hydrogens is 204 g/mol. The molecule has 4 heteroatoms. The van der Waals surface area contributed by atoms with E-state index < -0.39 is 5.97 Å². The van der Waals surface area contributed by atoms with Gasteiger partial charge < -0.3 is 4.74 Å². The van der Waals surface area contributed by atoms with Crippen molar-refractivity contribution < 1.29 is 9.53 Å². The smallest absolute Gasteiger partial charge is 0.339 e. The minimum absolute atomic E-state index is 0.391. The van der Waals surface area contributed by atoms with E-state index in [0.29, 0.717) is 5.56 Å². The molecule has 0 fully saturated rings. The molecule has 0 aliphatic rings. The third kappa shape index (κ3) is 2.06. The number of esters is 1. The van der Waals surface area contributed by atoms with Crippen molar-refractivity contribution in [3.8, 4) is 11.1 Å². The van der Waals surface area contributed by atoms with Crippen molar-refractivity contribution in [1.82, 2.24) is 9.97 Å². The molecule has 0 saturated heterocycles. The van der Waals surface area contributed by atoms with E-state index in [-0.39, 0.29) is 0 Å². The lowest BCUT2D eigenvalue weighted by Crippen LogP contribution is -2.01. The van der Waals surface area contributed by atoms with Crippen LogP contribution in [0.5, 0.6) is 0 Å². The molecule has 0 amide bonds. The predicted molar refractivity (Wildman–Crippen MR) is 58.8 cm³/mol. The minimum atomic E-state index is -0.391. The molecule has 0 radical (unpaired) electrons. The van der Waals surface area contributed by atoms with Gasteiger partial charge in [0.25, 0.3) is 0 Å². The molecular formula is C12H10N2O2. The van der Waals surface area contributed by atoms with Gasteiger partial charge in [-0.3, -0.25) is 9.97 Å². The van der Waals surface area contributed by atoms with E-state index in [2.05, 4.69) is 14.7 Å². The molecule has 0 aromatic carbocycles. The first-order valence-electron chi connectivity index (χ1n) is 4.75. The van der Waals surface area contributed by atoms with Gasteiger partial charge in [0.2, 0.25) is 0 Å². The molecule has 2 rings (SSSR count). The van der Waals surface area contributed by atoms with E-state index >= 15 is 0 Å². The maximum absolute atomic E-state index is 11.3. The summed E-state index contributed by atoms with van der Waals surface area (Å²) < 4.78 is 4.63. The Kier molecular flexibility index (Phi) is 2.91. The van der Waals surface area contributed by atoms with Crippen LogP contribution in [0.2, 0.25) is 0 Å². The first-order chi connectivity index (χ1) is 7.81. The largest absolute Gasteiger partial charge is 0.465 e. The number of hydrogen-bond donors (Lipinski definition) is 0. The molecule has 0 aliphatic heterocycles. The third-order valence-electron chi connectivity index (χ3n) is 2.15. The zero-order valence-electron chi connectivity index (χ0n) is 8.75. The van der Waals surface area contributed by atoms with Crippen LogP contribution in [0.3, 0.4) is 0 Å². The maximum Gasteiger partial charge on any atom is 0.339 e. The number of carbonyl (C=O) groups excluding carboxylic acids is 1. The van der Waals surface area contributed by atoms with E-state index in [1.54, 1.807) is 24.7 Å². The van der Waals surface area contributed by atoms with Gasteiger partial charge in [-0.1, -0.05) is 6.07 Å². The summed E-state index contributed by atoms with van der Waals surface area (Å²) >= 11 is 0. The molecule has 0 bridgehead atoms. The second-order valence-electron chi connectivity index (χ2n) is 3.20. The van der Waals surface area contributed by atoms with Crippen molar-refractivity contribution in [3.05, 3.63) is 48.5 Å². The van der Waals surface area contributed by atoms with Crippen LogP contribution in [0, 0.1) is 0 Å². The maximum atomic E-state index is 11.3. The standard InChI is InChI=1S/C12H10N2O2/c1-16-12(15)11-5-10(7-14-8-11)9-3-2-4-13-6-9/h2-8H,1H3. The zero-order valence-corrected chi connectivity index (χ0v) is 8.75. The van der Waals surface area contributed by atoms with Gasteiger partial charge in [0.1, 0.15) is 0 Å². The molecule has 0 N–H and O–H groups in total. The van der Waals surface area contributed by atoms with Crippen molar-refractivity contribution in [1.29, 1.82) is 0 Å². The topological polar surface area (TPSA) is 52.1 Å². The Morgan fingerprint density at radius 3 is 2.69 bits per heavy atom. The van der Waals surface area contributed by atoms with Crippen molar-refractivity contribution in [2.24, 2.45) is 0 Å². The van der Waals surface area contributed by atoms with Gasteiger partial charge in [0, 0.05) is 35.9 Å². The molecule has 0 spiro atoms. The van der Waals surface area contributed by atoms with Gasteiger partial charge in [-0.15, -0.1) is 0 Å². The SMILES string of the molecule is COC(=O)c1cncc(-c2cccnc2)c1. The van der Waals surface area contributed by atoms with E-state index in [4.69, 9.17) is 0 Å². The van der Waals surface area contributed by atoms with Crippen LogP contribution in [-0.2, 0) is 4.74 Å². The fourth-order valence-electron chi connectivity index (χ4n) is 1.36. The highest BCUT2D eigenvalue weighted by Gasteiger charge is 2.07. The first-order valence-corrected chi connectivity index (χ1v) is 4.75. The number of rotatable bonds is 2. The van der Waals surface area contributed by atoms with Crippen LogP contribution >= 0.6 is 0 Å². The number of pyridine rings is 2. The quantitative estimate of drug-likeness (QED) is 0.717. The van der Waals surface area contributed by atoms with Crippen LogP contribution in [0.25, 0.3) is 11.1 Å². The Morgan fingerprint density at radius 2 is 2.00 bits per heavy atom. The molecule has 0 unspecified atom stereocenters. The summed E-state index contributed by atoms with van der Waals surface area (Å²) in [6, 6.07) is 5.47. The number of carbonyl (C=O) groups is 1.